The summed E-state index contributed by atoms with van der Waals surface area (Å²) in [7, 11) is 0. The van der Waals surface area contributed by atoms with Crippen molar-refractivity contribution in [2.75, 3.05) is 6.61 Å². The van der Waals surface area contributed by atoms with E-state index in [1.165, 1.54) is 11.3 Å². The van der Waals surface area contributed by atoms with Crippen LogP contribution in [-0.4, -0.2) is 34.7 Å². The number of hydrogen-bond donors (Lipinski definition) is 3. The number of aliphatic hydroxyl groups excluding tert-OH is 1. The summed E-state index contributed by atoms with van der Waals surface area (Å²) in [5.74, 6) is -1.60. The lowest BCUT2D eigenvalue weighted by molar-refractivity contribution is -0.139. The van der Waals surface area contributed by atoms with Crippen molar-refractivity contribution in [1.82, 2.24) is 5.32 Å². The van der Waals surface area contributed by atoms with Crippen molar-refractivity contribution in [1.29, 1.82) is 0 Å². The van der Waals surface area contributed by atoms with Crippen LogP contribution in [0.3, 0.4) is 0 Å². The average molecular weight is 308 g/mol. The summed E-state index contributed by atoms with van der Waals surface area (Å²) < 4.78 is 0.798. The smallest absolute Gasteiger partial charge is 0.326 e. The van der Waals surface area contributed by atoms with Gasteiger partial charge in [-0.05, 0) is 28.1 Å². The topological polar surface area (TPSA) is 86.6 Å². The molecule has 16 heavy (non-hydrogen) atoms. The zero-order valence-electron chi connectivity index (χ0n) is 8.14. The van der Waals surface area contributed by atoms with Gasteiger partial charge in [0.2, 0.25) is 0 Å². The van der Waals surface area contributed by atoms with Crippen LogP contribution in [0.2, 0.25) is 0 Å². The van der Waals surface area contributed by atoms with Gasteiger partial charge in [-0.2, -0.15) is 0 Å². The first-order valence-corrected chi connectivity index (χ1v) is 6.05. The van der Waals surface area contributed by atoms with E-state index in [0.717, 1.165) is 3.79 Å². The fourth-order valence-corrected chi connectivity index (χ4v) is 2.34. The Morgan fingerprint density at radius 2 is 2.19 bits per heavy atom. The molecule has 3 N–H and O–H groups in total. The molecule has 5 nitrogen and oxygen atoms in total. The van der Waals surface area contributed by atoms with Crippen LogP contribution in [0.25, 0.3) is 0 Å². The van der Waals surface area contributed by atoms with Crippen LogP contribution in [0.15, 0.2) is 15.9 Å². The van der Waals surface area contributed by atoms with E-state index in [4.69, 9.17) is 10.2 Å². The molecular weight excluding hydrogens is 298 g/mol. The van der Waals surface area contributed by atoms with Crippen molar-refractivity contribution in [2.45, 2.75) is 12.5 Å². The molecule has 0 aliphatic heterocycles. The lowest BCUT2D eigenvalue weighted by atomic mass is 10.2. The van der Waals surface area contributed by atoms with E-state index in [2.05, 4.69) is 21.2 Å². The third kappa shape index (κ3) is 3.58. The predicted molar refractivity (Wildman–Crippen MR) is 62.6 cm³/mol. The molecule has 0 saturated carbocycles. The first-order chi connectivity index (χ1) is 7.54. The number of carbonyl (C=O) groups excluding carboxylic acids is 1. The van der Waals surface area contributed by atoms with Crippen LogP contribution >= 0.6 is 27.3 Å². The monoisotopic (exact) mass is 307 g/mol. The largest absolute Gasteiger partial charge is 0.480 e. The van der Waals surface area contributed by atoms with E-state index >= 15 is 0 Å². The van der Waals surface area contributed by atoms with Crippen molar-refractivity contribution >= 4 is 39.1 Å². The molecule has 1 heterocycles. The standard InChI is InChI=1S/C9H10BrNO4S/c10-7-2-1-6(16-7)8(13)11-5(3-4-12)9(14)15/h1-2,5,12H,3-4H2,(H,11,13)(H,14,15)/t5-/m0/s1. The van der Waals surface area contributed by atoms with Crippen LogP contribution in [0, 0.1) is 0 Å². The second-order valence-electron chi connectivity index (χ2n) is 2.98. The molecule has 0 aromatic carbocycles. The number of halogens is 1. The number of thiophene rings is 1. The van der Waals surface area contributed by atoms with Gasteiger partial charge in [0.1, 0.15) is 6.04 Å². The summed E-state index contributed by atoms with van der Waals surface area (Å²) in [6.45, 7) is -0.286. The highest BCUT2D eigenvalue weighted by Crippen LogP contribution is 2.21. The predicted octanol–water partition coefficient (Wildman–Crippen LogP) is 1.08. The molecule has 7 heteroatoms. The first-order valence-electron chi connectivity index (χ1n) is 4.44. The highest BCUT2D eigenvalue weighted by atomic mass is 79.9. The van der Waals surface area contributed by atoms with Crippen molar-refractivity contribution in [3.8, 4) is 0 Å². The molecule has 1 amide bonds. The van der Waals surface area contributed by atoms with Gasteiger partial charge in [-0.1, -0.05) is 0 Å². The van der Waals surface area contributed by atoms with Gasteiger partial charge in [-0.15, -0.1) is 11.3 Å². The molecule has 0 bridgehead atoms. The Labute approximate surface area is 104 Å². The van der Waals surface area contributed by atoms with Crippen LogP contribution in [0.5, 0.6) is 0 Å². The van der Waals surface area contributed by atoms with Gasteiger partial charge in [-0.3, -0.25) is 4.79 Å². The summed E-state index contributed by atoms with van der Waals surface area (Å²) in [5, 5.41) is 19.8. The Morgan fingerprint density at radius 3 is 2.62 bits per heavy atom. The molecule has 0 radical (unpaired) electrons. The third-order valence-electron chi connectivity index (χ3n) is 1.82. The highest BCUT2D eigenvalue weighted by molar-refractivity contribution is 9.11. The minimum absolute atomic E-state index is 0.00633. The summed E-state index contributed by atoms with van der Waals surface area (Å²) >= 11 is 4.43. The van der Waals surface area contributed by atoms with E-state index in [1.54, 1.807) is 12.1 Å². The van der Waals surface area contributed by atoms with Crippen molar-refractivity contribution in [3.63, 3.8) is 0 Å². The molecule has 1 aromatic heterocycles. The number of carboxylic acids is 1. The molecule has 1 rings (SSSR count). The lowest BCUT2D eigenvalue weighted by Crippen LogP contribution is -2.41. The molecule has 1 aromatic rings. The molecule has 0 aliphatic carbocycles. The summed E-state index contributed by atoms with van der Waals surface area (Å²) in [4.78, 5) is 22.7. The molecule has 0 fully saturated rings. The van der Waals surface area contributed by atoms with Crippen LogP contribution < -0.4 is 5.32 Å². The number of amides is 1. The Balaban J connectivity index is 2.65. The quantitative estimate of drug-likeness (QED) is 0.759. The van der Waals surface area contributed by atoms with Crippen LogP contribution in [0.4, 0.5) is 0 Å². The number of aliphatic hydroxyl groups is 1. The van der Waals surface area contributed by atoms with Gasteiger partial charge in [0.25, 0.3) is 5.91 Å². The van der Waals surface area contributed by atoms with Crippen molar-refractivity contribution in [2.24, 2.45) is 0 Å². The molecule has 88 valence electrons. The van der Waals surface area contributed by atoms with Crippen LogP contribution in [0.1, 0.15) is 16.1 Å². The molecule has 0 unspecified atom stereocenters. The Hall–Kier alpha value is -0.920. The van der Waals surface area contributed by atoms with Gasteiger partial charge in [0.05, 0.1) is 8.66 Å². The number of hydrogen-bond acceptors (Lipinski definition) is 4. The summed E-state index contributed by atoms with van der Waals surface area (Å²) in [6.07, 6.45) is -0.00633. The molecule has 1 atom stereocenters. The fourth-order valence-electron chi connectivity index (χ4n) is 1.05. The summed E-state index contributed by atoms with van der Waals surface area (Å²) in [6, 6.07) is 2.25. The maximum Gasteiger partial charge on any atom is 0.326 e. The molecule has 0 aliphatic rings. The molecular formula is C9H10BrNO4S. The van der Waals surface area contributed by atoms with E-state index in [9.17, 15) is 9.59 Å². The van der Waals surface area contributed by atoms with Crippen molar-refractivity contribution in [3.05, 3.63) is 20.8 Å². The SMILES string of the molecule is O=C(N[C@@H](CCO)C(=O)O)c1ccc(Br)s1. The second kappa shape index (κ2) is 5.97. The Bertz CT molecular complexity index is 393. The maximum absolute atomic E-state index is 11.6. The fraction of sp³-hybridized carbons (Fsp3) is 0.333. The zero-order valence-corrected chi connectivity index (χ0v) is 10.5. The molecule has 0 saturated heterocycles. The Kier molecular flexibility index (Phi) is 4.91. The van der Waals surface area contributed by atoms with Gasteiger partial charge in [0.15, 0.2) is 0 Å². The van der Waals surface area contributed by atoms with Gasteiger partial charge in [-0.25, -0.2) is 4.79 Å². The minimum Gasteiger partial charge on any atom is -0.480 e. The Morgan fingerprint density at radius 1 is 1.50 bits per heavy atom. The zero-order chi connectivity index (χ0) is 12.1. The van der Waals surface area contributed by atoms with E-state index in [-0.39, 0.29) is 13.0 Å². The average Bonchev–Trinajstić information content (AvgIpc) is 2.64. The van der Waals surface area contributed by atoms with Crippen LogP contribution in [-0.2, 0) is 4.79 Å². The minimum atomic E-state index is -1.15. The lowest BCUT2D eigenvalue weighted by Gasteiger charge is -2.11. The highest BCUT2D eigenvalue weighted by Gasteiger charge is 2.20. The van der Waals surface area contributed by atoms with E-state index in [1.807, 2.05) is 0 Å². The van der Waals surface area contributed by atoms with Gasteiger partial charge < -0.3 is 15.5 Å². The number of carboxylic acid groups (broad SMARTS) is 1. The second-order valence-corrected chi connectivity index (χ2v) is 5.44. The number of aliphatic carboxylic acids is 1. The van der Waals surface area contributed by atoms with E-state index in [0.29, 0.717) is 4.88 Å². The third-order valence-corrected chi connectivity index (χ3v) is 3.44. The van der Waals surface area contributed by atoms with Crippen molar-refractivity contribution < 1.29 is 19.8 Å². The maximum atomic E-state index is 11.6. The van der Waals surface area contributed by atoms with E-state index < -0.39 is 17.9 Å². The number of carbonyl (C=O) groups is 2. The number of nitrogens with one attached hydrogen (secondary N) is 1. The number of rotatable bonds is 5. The van der Waals surface area contributed by atoms with Gasteiger partial charge >= 0.3 is 5.97 Å². The normalized spacial score (nSPS) is 12.1. The first kappa shape index (κ1) is 13.1. The van der Waals surface area contributed by atoms with Gasteiger partial charge in [0, 0.05) is 13.0 Å². The molecule has 0 spiro atoms. The summed E-state index contributed by atoms with van der Waals surface area (Å²) in [5.41, 5.74) is 0.